The van der Waals surface area contributed by atoms with Gasteiger partial charge in [-0.25, -0.2) is 4.79 Å². The van der Waals surface area contributed by atoms with Crippen LogP contribution in [0.4, 0.5) is 4.79 Å². The summed E-state index contributed by atoms with van der Waals surface area (Å²) in [5.74, 6) is 0. The molecule has 1 aromatic heterocycles. The minimum Gasteiger partial charge on any atom is -0.444 e. The van der Waals surface area contributed by atoms with Crippen molar-refractivity contribution in [2.45, 2.75) is 58.3 Å². The summed E-state index contributed by atoms with van der Waals surface area (Å²) in [6.07, 6.45) is 2.65. The summed E-state index contributed by atoms with van der Waals surface area (Å²) in [6.45, 7) is 6.34. The van der Waals surface area contributed by atoms with Gasteiger partial charge in [-0.2, -0.15) is 5.10 Å². The van der Waals surface area contributed by atoms with Gasteiger partial charge in [0, 0.05) is 5.56 Å². The van der Waals surface area contributed by atoms with Crippen molar-refractivity contribution in [1.82, 2.24) is 14.7 Å². The number of amides is 1. The summed E-state index contributed by atoms with van der Waals surface area (Å²) >= 11 is 0. The van der Waals surface area contributed by atoms with Crippen molar-refractivity contribution in [2.24, 2.45) is 0 Å². The predicted octanol–water partition coefficient (Wildman–Crippen LogP) is 2.28. The second-order valence-electron chi connectivity index (χ2n) is 6.44. The second kappa shape index (κ2) is 4.33. The van der Waals surface area contributed by atoms with Crippen LogP contribution in [-0.4, -0.2) is 32.7 Å². The predicted molar refractivity (Wildman–Crippen MR) is 71.4 cm³/mol. The molecule has 0 bridgehead atoms. The lowest BCUT2D eigenvalue weighted by atomic mass is 10.2. The molecule has 0 N–H and O–H groups in total. The molecule has 0 radical (unpaired) electrons. The van der Waals surface area contributed by atoms with Gasteiger partial charge in [0.05, 0.1) is 24.8 Å². The Balaban J connectivity index is 1.78. The fourth-order valence-electron chi connectivity index (χ4n) is 2.44. The third kappa shape index (κ3) is 2.30. The number of hydrogen-bond donors (Lipinski definition) is 0. The van der Waals surface area contributed by atoms with Crippen LogP contribution in [0.2, 0.25) is 0 Å². The number of aromatic nitrogens is 2. The van der Waals surface area contributed by atoms with Crippen molar-refractivity contribution in [2.75, 3.05) is 0 Å². The molecule has 20 heavy (non-hydrogen) atoms. The average molecular weight is 277 g/mol. The van der Waals surface area contributed by atoms with Crippen molar-refractivity contribution >= 4 is 12.4 Å². The molecule has 1 aromatic rings. The molecular weight excluding hydrogens is 258 g/mol. The summed E-state index contributed by atoms with van der Waals surface area (Å²) in [6, 6.07) is 0.371. The van der Waals surface area contributed by atoms with Gasteiger partial charge in [-0.15, -0.1) is 0 Å². The number of hydrogen-bond acceptors (Lipinski definition) is 4. The highest BCUT2D eigenvalue weighted by Gasteiger charge is 2.36. The van der Waals surface area contributed by atoms with E-state index >= 15 is 0 Å². The zero-order valence-corrected chi connectivity index (χ0v) is 12.0. The zero-order valence-electron chi connectivity index (χ0n) is 12.0. The Morgan fingerprint density at radius 2 is 2.05 bits per heavy atom. The van der Waals surface area contributed by atoms with E-state index in [1.165, 1.54) is 0 Å². The van der Waals surface area contributed by atoms with E-state index in [4.69, 9.17) is 4.74 Å². The molecule has 1 aliphatic heterocycles. The molecule has 1 saturated carbocycles. The van der Waals surface area contributed by atoms with E-state index in [-0.39, 0.29) is 6.09 Å². The van der Waals surface area contributed by atoms with Crippen LogP contribution in [0.5, 0.6) is 0 Å². The number of nitrogens with zero attached hydrogens (tertiary/aromatic N) is 3. The van der Waals surface area contributed by atoms with Crippen LogP contribution >= 0.6 is 0 Å². The van der Waals surface area contributed by atoms with Crippen molar-refractivity contribution in [3.63, 3.8) is 0 Å². The van der Waals surface area contributed by atoms with Crippen LogP contribution in [0.15, 0.2) is 0 Å². The van der Waals surface area contributed by atoms with E-state index in [9.17, 15) is 9.59 Å². The van der Waals surface area contributed by atoms with E-state index < -0.39 is 5.60 Å². The summed E-state index contributed by atoms with van der Waals surface area (Å²) in [4.78, 5) is 24.9. The van der Waals surface area contributed by atoms with Crippen molar-refractivity contribution in [3.05, 3.63) is 17.0 Å². The van der Waals surface area contributed by atoms with E-state index in [0.717, 1.165) is 30.4 Å². The molecule has 0 aromatic carbocycles. The minimum atomic E-state index is -0.515. The Morgan fingerprint density at radius 3 is 2.60 bits per heavy atom. The topological polar surface area (TPSA) is 64.4 Å². The number of carbonyl (C=O) groups is 2. The average Bonchev–Trinajstić information content (AvgIpc) is 2.99. The van der Waals surface area contributed by atoms with Crippen molar-refractivity contribution in [3.8, 4) is 0 Å². The monoisotopic (exact) mass is 277 g/mol. The largest absolute Gasteiger partial charge is 0.444 e. The standard InChI is InChI=1S/C14H19N3O3/c1-14(2,3)20-13(19)16-6-10-11(7-16)15-17(9-4-5-9)12(10)8-18/h8-9H,4-7H2,1-3H3. The highest BCUT2D eigenvalue weighted by Crippen LogP contribution is 2.38. The maximum absolute atomic E-state index is 12.0. The fourth-order valence-corrected chi connectivity index (χ4v) is 2.44. The Hall–Kier alpha value is -1.85. The molecule has 6 heteroatoms. The third-order valence-corrected chi connectivity index (χ3v) is 3.48. The van der Waals surface area contributed by atoms with Gasteiger partial charge >= 0.3 is 6.09 Å². The Bertz CT molecular complexity index is 567. The fraction of sp³-hybridized carbons (Fsp3) is 0.643. The van der Waals surface area contributed by atoms with Crippen LogP contribution in [0, 0.1) is 0 Å². The molecule has 1 fully saturated rings. The Kier molecular flexibility index (Phi) is 2.84. The third-order valence-electron chi connectivity index (χ3n) is 3.48. The molecule has 0 saturated heterocycles. The molecule has 3 rings (SSSR count). The van der Waals surface area contributed by atoms with E-state index in [1.807, 2.05) is 25.5 Å². The molecule has 0 unspecified atom stereocenters. The normalized spacial score (nSPS) is 18.1. The van der Waals surface area contributed by atoms with Crippen molar-refractivity contribution < 1.29 is 14.3 Å². The first-order chi connectivity index (χ1) is 9.39. The van der Waals surface area contributed by atoms with Gasteiger partial charge in [0.2, 0.25) is 0 Å². The molecule has 6 nitrogen and oxygen atoms in total. The minimum absolute atomic E-state index is 0.356. The lowest BCUT2D eigenvalue weighted by molar-refractivity contribution is 0.0238. The van der Waals surface area contributed by atoms with Gasteiger partial charge in [0.25, 0.3) is 0 Å². The Morgan fingerprint density at radius 1 is 1.35 bits per heavy atom. The van der Waals surface area contributed by atoms with Crippen LogP contribution < -0.4 is 0 Å². The number of rotatable bonds is 2. The molecule has 2 aliphatic rings. The van der Waals surface area contributed by atoms with Gasteiger partial charge < -0.3 is 4.74 Å². The molecule has 0 spiro atoms. The van der Waals surface area contributed by atoms with Crippen molar-refractivity contribution in [1.29, 1.82) is 0 Å². The number of ether oxygens (including phenoxy) is 1. The molecule has 1 aliphatic carbocycles. The van der Waals surface area contributed by atoms with Gasteiger partial charge in [-0.1, -0.05) is 0 Å². The second-order valence-corrected chi connectivity index (χ2v) is 6.44. The number of fused-ring (bicyclic) bond motifs is 1. The van der Waals surface area contributed by atoms with Crippen LogP contribution in [0.1, 0.15) is 61.4 Å². The van der Waals surface area contributed by atoms with Gasteiger partial charge in [0.15, 0.2) is 6.29 Å². The van der Waals surface area contributed by atoms with Gasteiger partial charge in [-0.05, 0) is 33.6 Å². The maximum atomic E-state index is 12.0. The summed E-state index contributed by atoms with van der Waals surface area (Å²) < 4.78 is 7.17. The van der Waals surface area contributed by atoms with E-state index in [2.05, 4.69) is 5.10 Å². The molecular formula is C14H19N3O3. The highest BCUT2D eigenvalue weighted by molar-refractivity contribution is 5.77. The van der Waals surface area contributed by atoms with Crippen LogP contribution in [-0.2, 0) is 17.8 Å². The molecule has 2 heterocycles. The lowest BCUT2D eigenvalue weighted by Gasteiger charge is -2.24. The maximum Gasteiger partial charge on any atom is 0.410 e. The molecule has 1 amide bonds. The highest BCUT2D eigenvalue weighted by atomic mass is 16.6. The lowest BCUT2D eigenvalue weighted by Crippen LogP contribution is -2.33. The molecule has 0 atom stereocenters. The number of aldehydes is 1. The summed E-state index contributed by atoms with van der Waals surface area (Å²) in [5, 5.41) is 4.49. The van der Waals surface area contributed by atoms with Gasteiger partial charge in [-0.3, -0.25) is 14.4 Å². The first-order valence-electron chi connectivity index (χ1n) is 6.92. The Labute approximate surface area is 117 Å². The SMILES string of the molecule is CC(C)(C)OC(=O)N1Cc2nn(C3CC3)c(C=O)c2C1. The van der Waals surface area contributed by atoms with Gasteiger partial charge in [0.1, 0.15) is 11.3 Å². The number of carbonyl (C=O) groups excluding carboxylic acids is 2. The summed E-state index contributed by atoms with van der Waals surface area (Å²) in [7, 11) is 0. The van der Waals surface area contributed by atoms with E-state index in [0.29, 0.717) is 24.8 Å². The first kappa shape index (κ1) is 13.1. The van der Waals surface area contributed by atoms with Crippen LogP contribution in [0.25, 0.3) is 0 Å². The zero-order chi connectivity index (χ0) is 14.5. The smallest absolute Gasteiger partial charge is 0.410 e. The van der Waals surface area contributed by atoms with E-state index in [1.54, 1.807) is 4.90 Å². The molecule has 108 valence electrons. The van der Waals surface area contributed by atoms with Crippen LogP contribution in [0.3, 0.4) is 0 Å². The quantitative estimate of drug-likeness (QED) is 0.778. The first-order valence-corrected chi connectivity index (χ1v) is 6.92. The summed E-state index contributed by atoms with van der Waals surface area (Å²) in [5.41, 5.74) is 1.80.